The maximum Gasteiger partial charge on any atom is 0.0400 e. The number of likely N-dealkylation sites (tertiary alicyclic amines) is 1. The van der Waals surface area contributed by atoms with Gasteiger partial charge < -0.3 is 10.6 Å². The molecular weight excluding hydrogens is 234 g/mol. The van der Waals surface area contributed by atoms with Crippen LogP contribution in [-0.2, 0) is 6.42 Å². The maximum absolute atomic E-state index is 5.90. The summed E-state index contributed by atoms with van der Waals surface area (Å²) in [5, 5.41) is 0. The van der Waals surface area contributed by atoms with E-state index in [0.717, 1.165) is 12.2 Å². The van der Waals surface area contributed by atoms with Crippen LogP contribution in [-0.4, -0.2) is 37.1 Å². The van der Waals surface area contributed by atoms with Gasteiger partial charge in [0.15, 0.2) is 0 Å². The van der Waals surface area contributed by atoms with Gasteiger partial charge in [0.1, 0.15) is 0 Å². The van der Waals surface area contributed by atoms with Gasteiger partial charge in [-0.15, -0.1) is 0 Å². The number of anilines is 2. The first-order valence-electron chi connectivity index (χ1n) is 7.61. The molecule has 1 aromatic carbocycles. The number of nitrogen functional groups attached to an aromatic ring is 1. The zero-order valence-electron chi connectivity index (χ0n) is 11.9. The Labute approximate surface area is 116 Å². The highest BCUT2D eigenvalue weighted by atomic mass is 15.2. The van der Waals surface area contributed by atoms with Crippen LogP contribution in [0.4, 0.5) is 11.4 Å². The first-order valence-corrected chi connectivity index (χ1v) is 7.61. The molecule has 0 saturated carbocycles. The molecule has 3 rings (SSSR count). The summed E-state index contributed by atoms with van der Waals surface area (Å²) in [7, 11) is 0. The average molecular weight is 259 g/mol. The van der Waals surface area contributed by atoms with Crippen LogP contribution in [0, 0.1) is 0 Å². The normalized spacial score (nSPS) is 21.4. The Bertz CT molecular complexity index is 438. The summed E-state index contributed by atoms with van der Waals surface area (Å²) in [4.78, 5) is 5.19. The Kier molecular flexibility index (Phi) is 3.65. The van der Waals surface area contributed by atoms with Gasteiger partial charge in [0.2, 0.25) is 0 Å². The number of hydrogen-bond donors (Lipinski definition) is 1. The zero-order chi connectivity index (χ0) is 13.2. The fourth-order valence-corrected chi connectivity index (χ4v) is 3.50. The van der Waals surface area contributed by atoms with Crippen molar-refractivity contribution >= 4 is 11.4 Å². The van der Waals surface area contributed by atoms with Gasteiger partial charge in [-0.25, -0.2) is 0 Å². The molecule has 104 valence electrons. The lowest BCUT2D eigenvalue weighted by Gasteiger charge is -2.36. The van der Waals surface area contributed by atoms with E-state index >= 15 is 0 Å². The van der Waals surface area contributed by atoms with Crippen molar-refractivity contribution in [2.45, 2.75) is 38.6 Å². The minimum absolute atomic E-state index is 0.658. The Hall–Kier alpha value is -1.22. The van der Waals surface area contributed by atoms with Crippen molar-refractivity contribution in [1.82, 2.24) is 4.90 Å². The first kappa shape index (κ1) is 12.8. The summed E-state index contributed by atoms with van der Waals surface area (Å²) >= 11 is 0. The molecule has 2 aliphatic rings. The molecule has 0 radical (unpaired) electrons. The minimum atomic E-state index is 0.658. The van der Waals surface area contributed by atoms with E-state index in [1.54, 1.807) is 0 Å². The first-order chi connectivity index (χ1) is 9.24. The number of hydrogen-bond acceptors (Lipinski definition) is 3. The van der Waals surface area contributed by atoms with Gasteiger partial charge in [0.05, 0.1) is 0 Å². The average Bonchev–Trinajstić information content (AvgIpc) is 2.92. The molecule has 1 aromatic rings. The number of rotatable bonds is 3. The monoisotopic (exact) mass is 259 g/mol. The molecule has 2 aliphatic heterocycles. The van der Waals surface area contributed by atoms with Crippen LogP contribution in [0.25, 0.3) is 0 Å². The molecule has 0 unspecified atom stereocenters. The van der Waals surface area contributed by atoms with Crippen LogP contribution in [0.15, 0.2) is 18.2 Å². The second kappa shape index (κ2) is 5.41. The summed E-state index contributed by atoms with van der Waals surface area (Å²) in [5.74, 6) is 0. The third-order valence-corrected chi connectivity index (χ3v) is 4.57. The number of aryl methyl sites for hydroxylation is 1. The fourth-order valence-electron chi connectivity index (χ4n) is 3.50. The molecule has 19 heavy (non-hydrogen) atoms. The molecule has 3 heteroatoms. The predicted molar refractivity (Wildman–Crippen MR) is 81.7 cm³/mol. The fraction of sp³-hybridized carbons (Fsp3) is 0.625. The van der Waals surface area contributed by atoms with E-state index in [2.05, 4.69) is 28.9 Å². The second-order valence-corrected chi connectivity index (χ2v) is 6.03. The quantitative estimate of drug-likeness (QED) is 0.847. The van der Waals surface area contributed by atoms with Crippen molar-refractivity contribution in [3.8, 4) is 0 Å². The van der Waals surface area contributed by atoms with E-state index in [9.17, 15) is 0 Å². The smallest absolute Gasteiger partial charge is 0.0400 e. The van der Waals surface area contributed by atoms with Gasteiger partial charge in [-0.05, 0) is 69.5 Å². The van der Waals surface area contributed by atoms with Crippen molar-refractivity contribution in [3.63, 3.8) is 0 Å². The summed E-state index contributed by atoms with van der Waals surface area (Å²) in [5.41, 5.74) is 9.64. The van der Waals surface area contributed by atoms with Crippen LogP contribution in [0.1, 0.15) is 31.7 Å². The lowest BCUT2D eigenvalue weighted by atomic mass is 10.0. The lowest BCUT2D eigenvalue weighted by Crippen LogP contribution is -2.42. The molecule has 1 saturated heterocycles. The van der Waals surface area contributed by atoms with Crippen LogP contribution >= 0.6 is 0 Å². The van der Waals surface area contributed by atoms with Gasteiger partial charge in [0, 0.05) is 30.5 Å². The SMILES string of the molecule is C[C@@H](CN1CCCc2cc(N)ccc21)N1CCCC1. The maximum atomic E-state index is 5.90. The molecule has 0 bridgehead atoms. The van der Waals surface area contributed by atoms with E-state index in [0.29, 0.717) is 6.04 Å². The third kappa shape index (κ3) is 2.71. The second-order valence-electron chi connectivity index (χ2n) is 6.03. The molecule has 2 heterocycles. The number of nitrogens with zero attached hydrogens (tertiary/aromatic N) is 2. The summed E-state index contributed by atoms with van der Waals surface area (Å²) < 4.78 is 0. The van der Waals surface area contributed by atoms with Crippen molar-refractivity contribution in [1.29, 1.82) is 0 Å². The van der Waals surface area contributed by atoms with Gasteiger partial charge in [-0.1, -0.05) is 0 Å². The summed E-state index contributed by atoms with van der Waals surface area (Å²) in [6, 6.07) is 7.06. The topological polar surface area (TPSA) is 32.5 Å². The minimum Gasteiger partial charge on any atom is -0.399 e. The van der Waals surface area contributed by atoms with E-state index in [1.165, 1.54) is 56.6 Å². The molecule has 2 N–H and O–H groups in total. The largest absolute Gasteiger partial charge is 0.399 e. The van der Waals surface area contributed by atoms with Gasteiger partial charge in [0.25, 0.3) is 0 Å². The van der Waals surface area contributed by atoms with Crippen LogP contribution in [0.5, 0.6) is 0 Å². The highest BCUT2D eigenvalue weighted by molar-refractivity contribution is 5.61. The molecular formula is C16H25N3. The van der Waals surface area contributed by atoms with Crippen molar-refractivity contribution in [2.24, 2.45) is 0 Å². The summed E-state index contributed by atoms with van der Waals surface area (Å²) in [6.45, 7) is 7.27. The summed E-state index contributed by atoms with van der Waals surface area (Å²) in [6.07, 6.45) is 5.17. The predicted octanol–water partition coefficient (Wildman–Crippen LogP) is 2.51. The Morgan fingerprint density at radius 1 is 1.16 bits per heavy atom. The highest BCUT2D eigenvalue weighted by Gasteiger charge is 2.23. The van der Waals surface area contributed by atoms with Gasteiger partial charge in [-0.3, -0.25) is 4.90 Å². The van der Waals surface area contributed by atoms with Crippen molar-refractivity contribution in [3.05, 3.63) is 23.8 Å². The van der Waals surface area contributed by atoms with E-state index in [4.69, 9.17) is 5.73 Å². The van der Waals surface area contributed by atoms with Crippen LogP contribution in [0.3, 0.4) is 0 Å². The third-order valence-electron chi connectivity index (χ3n) is 4.57. The number of fused-ring (bicyclic) bond motifs is 1. The van der Waals surface area contributed by atoms with E-state index < -0.39 is 0 Å². The molecule has 0 aromatic heterocycles. The molecule has 1 atom stereocenters. The lowest BCUT2D eigenvalue weighted by molar-refractivity contribution is 0.260. The Morgan fingerprint density at radius 3 is 2.74 bits per heavy atom. The molecule has 0 amide bonds. The zero-order valence-corrected chi connectivity index (χ0v) is 11.9. The van der Waals surface area contributed by atoms with Crippen molar-refractivity contribution in [2.75, 3.05) is 36.8 Å². The number of nitrogens with two attached hydrogens (primary N) is 1. The highest BCUT2D eigenvalue weighted by Crippen LogP contribution is 2.29. The van der Waals surface area contributed by atoms with Crippen molar-refractivity contribution < 1.29 is 0 Å². The van der Waals surface area contributed by atoms with Crippen LogP contribution in [0.2, 0.25) is 0 Å². The number of benzene rings is 1. The molecule has 1 fully saturated rings. The van der Waals surface area contributed by atoms with Gasteiger partial charge >= 0.3 is 0 Å². The molecule has 3 nitrogen and oxygen atoms in total. The van der Waals surface area contributed by atoms with Gasteiger partial charge in [-0.2, -0.15) is 0 Å². The van der Waals surface area contributed by atoms with E-state index in [-0.39, 0.29) is 0 Å². The standard InChI is InChI=1S/C16H25N3/c1-13(18-8-2-3-9-18)12-19-10-4-5-14-11-15(17)6-7-16(14)19/h6-7,11,13H,2-5,8-10,12,17H2,1H3/t13-/m0/s1. The van der Waals surface area contributed by atoms with E-state index in [1.807, 2.05) is 6.07 Å². The Balaban J connectivity index is 1.72. The van der Waals surface area contributed by atoms with Crippen LogP contribution < -0.4 is 10.6 Å². The Morgan fingerprint density at radius 2 is 1.95 bits per heavy atom. The molecule has 0 aliphatic carbocycles. The molecule has 0 spiro atoms.